The van der Waals surface area contributed by atoms with Crippen LogP contribution in [0.3, 0.4) is 0 Å². The summed E-state index contributed by atoms with van der Waals surface area (Å²) in [4.78, 5) is 16.5. The SMILES string of the molecule is Cc1ccc2cccc(OCC(=O)Nc3ccc(OC(F)F)cc3)c2n1. The van der Waals surface area contributed by atoms with E-state index in [0.717, 1.165) is 11.1 Å². The van der Waals surface area contributed by atoms with E-state index < -0.39 is 6.61 Å². The number of pyridine rings is 1. The van der Waals surface area contributed by atoms with Gasteiger partial charge in [0.1, 0.15) is 17.0 Å². The first kappa shape index (κ1) is 17.6. The van der Waals surface area contributed by atoms with E-state index in [2.05, 4.69) is 15.0 Å². The number of halogens is 2. The summed E-state index contributed by atoms with van der Waals surface area (Å²) in [6.07, 6.45) is 0. The Kier molecular flexibility index (Phi) is 5.26. The van der Waals surface area contributed by atoms with Crippen LogP contribution in [0, 0.1) is 6.92 Å². The summed E-state index contributed by atoms with van der Waals surface area (Å²) in [5, 5.41) is 3.54. The fraction of sp³-hybridized carbons (Fsp3) is 0.158. The maximum atomic E-state index is 12.1. The number of nitrogens with zero attached hydrogens (tertiary/aromatic N) is 1. The van der Waals surface area contributed by atoms with Crippen molar-refractivity contribution in [1.29, 1.82) is 0 Å². The van der Waals surface area contributed by atoms with Gasteiger partial charge in [-0.3, -0.25) is 4.79 Å². The topological polar surface area (TPSA) is 60.5 Å². The molecular weight excluding hydrogens is 342 g/mol. The molecule has 1 aromatic heterocycles. The molecule has 0 bridgehead atoms. The molecule has 0 fully saturated rings. The lowest BCUT2D eigenvalue weighted by atomic mass is 10.2. The molecule has 26 heavy (non-hydrogen) atoms. The molecule has 0 aliphatic rings. The summed E-state index contributed by atoms with van der Waals surface area (Å²) >= 11 is 0. The highest BCUT2D eigenvalue weighted by molar-refractivity contribution is 5.92. The number of carbonyl (C=O) groups excluding carboxylic acids is 1. The van der Waals surface area contributed by atoms with Crippen LogP contribution in [0.2, 0.25) is 0 Å². The van der Waals surface area contributed by atoms with Gasteiger partial charge in [0.05, 0.1) is 0 Å². The van der Waals surface area contributed by atoms with Crippen LogP contribution < -0.4 is 14.8 Å². The van der Waals surface area contributed by atoms with Crippen molar-refractivity contribution in [2.45, 2.75) is 13.5 Å². The van der Waals surface area contributed by atoms with Gasteiger partial charge in [-0.15, -0.1) is 0 Å². The van der Waals surface area contributed by atoms with Gasteiger partial charge < -0.3 is 14.8 Å². The molecule has 1 N–H and O–H groups in total. The number of para-hydroxylation sites is 1. The highest BCUT2D eigenvalue weighted by Gasteiger charge is 2.09. The molecule has 0 radical (unpaired) electrons. The molecule has 1 heterocycles. The minimum absolute atomic E-state index is 0.0199. The van der Waals surface area contributed by atoms with Crippen LogP contribution >= 0.6 is 0 Å². The second kappa shape index (κ2) is 7.77. The number of anilines is 1. The van der Waals surface area contributed by atoms with Crippen LogP contribution in [0.1, 0.15) is 5.69 Å². The molecule has 5 nitrogen and oxygen atoms in total. The molecular formula is C19H16F2N2O3. The zero-order valence-electron chi connectivity index (χ0n) is 13.9. The first-order chi connectivity index (χ1) is 12.5. The molecule has 1 amide bonds. The lowest BCUT2D eigenvalue weighted by Gasteiger charge is -2.10. The number of aryl methyl sites for hydroxylation is 1. The number of ether oxygens (including phenoxy) is 2. The van der Waals surface area contributed by atoms with Crippen molar-refractivity contribution in [2.24, 2.45) is 0 Å². The van der Waals surface area contributed by atoms with E-state index in [1.807, 2.05) is 31.2 Å². The second-order valence-electron chi connectivity index (χ2n) is 5.52. The minimum atomic E-state index is -2.89. The standard InChI is InChI=1S/C19H16F2N2O3/c1-12-5-6-13-3-2-4-16(18(13)22-12)25-11-17(24)23-14-7-9-15(10-8-14)26-19(20)21/h2-10,19H,11H2,1H3,(H,23,24). The fourth-order valence-electron chi connectivity index (χ4n) is 2.39. The second-order valence-corrected chi connectivity index (χ2v) is 5.52. The minimum Gasteiger partial charge on any atom is -0.481 e. The molecule has 0 spiro atoms. The van der Waals surface area contributed by atoms with E-state index in [0.29, 0.717) is 17.0 Å². The van der Waals surface area contributed by atoms with E-state index in [1.54, 1.807) is 6.07 Å². The van der Waals surface area contributed by atoms with Gasteiger partial charge in [-0.25, -0.2) is 4.98 Å². The van der Waals surface area contributed by atoms with E-state index >= 15 is 0 Å². The molecule has 0 aliphatic heterocycles. The first-order valence-corrected chi connectivity index (χ1v) is 7.85. The van der Waals surface area contributed by atoms with Crippen LogP contribution in [0.5, 0.6) is 11.5 Å². The third kappa shape index (κ3) is 4.44. The van der Waals surface area contributed by atoms with Crippen molar-refractivity contribution < 1.29 is 23.0 Å². The van der Waals surface area contributed by atoms with Crippen molar-refractivity contribution in [1.82, 2.24) is 4.98 Å². The average Bonchev–Trinajstić information content (AvgIpc) is 2.61. The Morgan fingerprint density at radius 2 is 1.88 bits per heavy atom. The maximum absolute atomic E-state index is 12.1. The van der Waals surface area contributed by atoms with Gasteiger partial charge in [-0.1, -0.05) is 18.2 Å². The highest BCUT2D eigenvalue weighted by atomic mass is 19.3. The number of alkyl halides is 2. The summed E-state index contributed by atoms with van der Waals surface area (Å²) in [7, 11) is 0. The number of rotatable bonds is 6. The summed E-state index contributed by atoms with van der Waals surface area (Å²) in [6.45, 7) is -1.21. The zero-order valence-corrected chi connectivity index (χ0v) is 13.9. The number of hydrogen-bond donors (Lipinski definition) is 1. The van der Waals surface area contributed by atoms with Crippen LogP contribution in [-0.4, -0.2) is 24.1 Å². The lowest BCUT2D eigenvalue weighted by Crippen LogP contribution is -2.20. The Balaban J connectivity index is 1.62. The molecule has 134 valence electrons. The van der Waals surface area contributed by atoms with Crippen LogP contribution in [0.4, 0.5) is 14.5 Å². The summed E-state index contributed by atoms with van der Waals surface area (Å²) in [5.74, 6) is 0.158. The number of nitrogens with one attached hydrogen (secondary N) is 1. The quantitative estimate of drug-likeness (QED) is 0.719. The number of fused-ring (bicyclic) bond motifs is 1. The van der Waals surface area contributed by atoms with Crippen molar-refractivity contribution in [3.63, 3.8) is 0 Å². The van der Waals surface area contributed by atoms with E-state index in [-0.39, 0.29) is 18.3 Å². The van der Waals surface area contributed by atoms with Gasteiger partial charge in [0.2, 0.25) is 0 Å². The largest absolute Gasteiger partial charge is 0.481 e. The normalized spacial score (nSPS) is 10.8. The van der Waals surface area contributed by atoms with Crippen molar-refractivity contribution in [3.8, 4) is 11.5 Å². The lowest BCUT2D eigenvalue weighted by molar-refractivity contribution is -0.118. The zero-order chi connectivity index (χ0) is 18.5. The Labute approximate surface area is 148 Å². The van der Waals surface area contributed by atoms with Gasteiger partial charge in [0, 0.05) is 16.8 Å². The molecule has 0 unspecified atom stereocenters. The van der Waals surface area contributed by atoms with Crippen LogP contribution in [0.25, 0.3) is 10.9 Å². The van der Waals surface area contributed by atoms with Crippen LogP contribution in [0.15, 0.2) is 54.6 Å². The van der Waals surface area contributed by atoms with E-state index in [9.17, 15) is 13.6 Å². The molecule has 0 saturated heterocycles. The Bertz CT molecular complexity index is 914. The molecule has 7 heteroatoms. The average molecular weight is 358 g/mol. The predicted octanol–water partition coefficient (Wildman–Crippen LogP) is 4.16. The van der Waals surface area contributed by atoms with Gasteiger partial charge >= 0.3 is 6.61 Å². The Hall–Kier alpha value is -3.22. The number of aromatic nitrogens is 1. The van der Waals surface area contributed by atoms with Gasteiger partial charge in [-0.05, 0) is 43.3 Å². The summed E-state index contributed by atoms with van der Waals surface area (Å²) in [5.41, 5.74) is 1.99. The Morgan fingerprint density at radius 3 is 2.62 bits per heavy atom. The number of carbonyl (C=O) groups is 1. The highest BCUT2D eigenvalue weighted by Crippen LogP contribution is 2.24. The first-order valence-electron chi connectivity index (χ1n) is 7.85. The molecule has 0 aliphatic carbocycles. The van der Waals surface area contributed by atoms with E-state index in [1.165, 1.54) is 24.3 Å². The summed E-state index contributed by atoms with van der Waals surface area (Å²) < 4.78 is 34.1. The Morgan fingerprint density at radius 1 is 1.12 bits per heavy atom. The molecule has 3 aromatic rings. The van der Waals surface area contributed by atoms with E-state index in [4.69, 9.17) is 4.74 Å². The number of benzene rings is 2. The van der Waals surface area contributed by atoms with Crippen molar-refractivity contribution in [2.75, 3.05) is 11.9 Å². The van der Waals surface area contributed by atoms with Gasteiger partial charge in [-0.2, -0.15) is 8.78 Å². The third-order valence-corrected chi connectivity index (χ3v) is 3.54. The number of amides is 1. The predicted molar refractivity (Wildman–Crippen MR) is 93.7 cm³/mol. The number of hydrogen-bond acceptors (Lipinski definition) is 4. The van der Waals surface area contributed by atoms with Crippen molar-refractivity contribution in [3.05, 3.63) is 60.3 Å². The maximum Gasteiger partial charge on any atom is 0.387 e. The molecule has 0 saturated carbocycles. The molecule has 0 atom stereocenters. The third-order valence-electron chi connectivity index (χ3n) is 3.54. The summed E-state index contributed by atoms with van der Waals surface area (Å²) in [6, 6.07) is 15.0. The van der Waals surface area contributed by atoms with Crippen LogP contribution in [-0.2, 0) is 4.79 Å². The van der Waals surface area contributed by atoms with Gasteiger partial charge in [0.15, 0.2) is 6.61 Å². The monoisotopic (exact) mass is 358 g/mol. The fourth-order valence-corrected chi connectivity index (χ4v) is 2.39. The smallest absolute Gasteiger partial charge is 0.387 e. The van der Waals surface area contributed by atoms with Gasteiger partial charge in [0.25, 0.3) is 5.91 Å². The van der Waals surface area contributed by atoms with Crippen molar-refractivity contribution >= 4 is 22.5 Å². The molecule has 2 aromatic carbocycles. The molecule has 3 rings (SSSR count).